The molecule has 22 heavy (non-hydrogen) atoms. The van der Waals surface area contributed by atoms with Gasteiger partial charge in [0.15, 0.2) is 0 Å². The summed E-state index contributed by atoms with van der Waals surface area (Å²) < 4.78 is 5.29. The van der Waals surface area contributed by atoms with Crippen molar-refractivity contribution in [1.82, 2.24) is 10.3 Å². The van der Waals surface area contributed by atoms with Crippen molar-refractivity contribution < 1.29 is 9.53 Å². The van der Waals surface area contributed by atoms with Crippen LogP contribution in [0.15, 0.2) is 42.6 Å². The van der Waals surface area contributed by atoms with Gasteiger partial charge in [0.05, 0.1) is 24.7 Å². The Kier molecular flexibility index (Phi) is 4.65. The van der Waals surface area contributed by atoms with Gasteiger partial charge < -0.3 is 15.4 Å². The van der Waals surface area contributed by atoms with Crippen LogP contribution < -0.4 is 15.4 Å². The second-order valence-electron chi connectivity index (χ2n) is 5.96. The second-order valence-corrected chi connectivity index (χ2v) is 5.96. The molecule has 0 spiro atoms. The van der Waals surface area contributed by atoms with E-state index in [0.717, 1.165) is 17.1 Å². The Hall–Kier alpha value is -2.56. The number of carbonyl (C=O) groups excluding carboxylic acids is 1. The average Bonchev–Trinajstić information content (AvgIpc) is 2.47. The molecule has 0 atom stereocenters. The lowest BCUT2D eigenvalue weighted by atomic mass is 10.1. The molecular weight excluding hydrogens is 278 g/mol. The molecule has 0 aliphatic heterocycles. The molecule has 0 aliphatic carbocycles. The molecule has 1 heterocycles. The van der Waals surface area contributed by atoms with E-state index in [9.17, 15) is 4.79 Å². The number of anilines is 2. The van der Waals surface area contributed by atoms with Crippen LogP contribution in [-0.4, -0.2) is 23.5 Å². The van der Waals surface area contributed by atoms with Gasteiger partial charge in [-0.05, 0) is 45.0 Å². The highest BCUT2D eigenvalue weighted by Gasteiger charge is 2.16. The Morgan fingerprint density at radius 1 is 1.14 bits per heavy atom. The van der Waals surface area contributed by atoms with Crippen LogP contribution >= 0.6 is 0 Å². The molecule has 1 aromatic carbocycles. The van der Waals surface area contributed by atoms with Gasteiger partial charge in [0.25, 0.3) is 5.91 Å². The first kappa shape index (κ1) is 15.8. The van der Waals surface area contributed by atoms with Gasteiger partial charge >= 0.3 is 0 Å². The van der Waals surface area contributed by atoms with Crippen LogP contribution in [0.3, 0.4) is 0 Å². The fraction of sp³-hybridized carbons (Fsp3) is 0.294. The van der Waals surface area contributed by atoms with Gasteiger partial charge in [-0.3, -0.25) is 4.79 Å². The zero-order valence-electron chi connectivity index (χ0n) is 13.3. The zero-order valence-corrected chi connectivity index (χ0v) is 13.3. The Morgan fingerprint density at radius 2 is 1.86 bits per heavy atom. The molecule has 0 aliphatic rings. The van der Waals surface area contributed by atoms with Crippen molar-refractivity contribution in [2.24, 2.45) is 0 Å². The summed E-state index contributed by atoms with van der Waals surface area (Å²) in [5.41, 5.74) is 1.74. The van der Waals surface area contributed by atoms with Crippen molar-refractivity contribution >= 4 is 17.3 Å². The maximum Gasteiger partial charge on any atom is 0.270 e. The third kappa shape index (κ3) is 4.22. The molecule has 1 amide bonds. The van der Waals surface area contributed by atoms with E-state index in [4.69, 9.17) is 4.74 Å². The monoisotopic (exact) mass is 299 g/mol. The molecule has 0 radical (unpaired) electrons. The molecular formula is C17H21N3O2. The SMILES string of the molecule is COc1ccccc1Nc1ccc(C(=O)NC(C)(C)C)nc1. The second kappa shape index (κ2) is 6.47. The summed E-state index contributed by atoms with van der Waals surface area (Å²) in [5.74, 6) is 0.563. The number of amides is 1. The Morgan fingerprint density at radius 3 is 2.45 bits per heavy atom. The Balaban J connectivity index is 2.11. The highest BCUT2D eigenvalue weighted by atomic mass is 16.5. The van der Waals surface area contributed by atoms with Crippen molar-refractivity contribution in [2.75, 3.05) is 12.4 Å². The van der Waals surface area contributed by atoms with Crippen molar-refractivity contribution in [1.29, 1.82) is 0 Å². The van der Waals surface area contributed by atoms with E-state index in [1.54, 1.807) is 19.4 Å². The van der Waals surface area contributed by atoms with Crippen LogP contribution in [0.25, 0.3) is 0 Å². The fourth-order valence-corrected chi connectivity index (χ4v) is 1.91. The first-order valence-corrected chi connectivity index (χ1v) is 7.08. The number of aromatic nitrogens is 1. The maximum absolute atomic E-state index is 12.0. The van der Waals surface area contributed by atoms with Crippen molar-refractivity contribution in [2.45, 2.75) is 26.3 Å². The normalized spacial score (nSPS) is 10.9. The number of methoxy groups -OCH3 is 1. The minimum Gasteiger partial charge on any atom is -0.495 e. The molecule has 0 fully saturated rings. The number of benzene rings is 1. The van der Waals surface area contributed by atoms with Crippen LogP contribution in [0.4, 0.5) is 11.4 Å². The lowest BCUT2D eigenvalue weighted by molar-refractivity contribution is 0.0914. The van der Waals surface area contributed by atoms with E-state index in [1.165, 1.54) is 0 Å². The number of carbonyl (C=O) groups is 1. The molecule has 0 bridgehead atoms. The summed E-state index contributed by atoms with van der Waals surface area (Å²) in [4.78, 5) is 16.2. The highest BCUT2D eigenvalue weighted by Crippen LogP contribution is 2.26. The number of ether oxygens (including phenoxy) is 1. The fourth-order valence-electron chi connectivity index (χ4n) is 1.91. The van der Waals surface area contributed by atoms with E-state index in [2.05, 4.69) is 15.6 Å². The van der Waals surface area contributed by atoms with Crippen LogP contribution in [-0.2, 0) is 0 Å². The lowest BCUT2D eigenvalue weighted by Crippen LogP contribution is -2.40. The van der Waals surface area contributed by atoms with Crippen molar-refractivity contribution in [3.63, 3.8) is 0 Å². The van der Waals surface area contributed by atoms with Gasteiger partial charge in [-0.1, -0.05) is 12.1 Å². The number of hydrogen-bond donors (Lipinski definition) is 2. The van der Waals surface area contributed by atoms with Gasteiger partial charge in [-0.15, -0.1) is 0 Å². The summed E-state index contributed by atoms with van der Waals surface area (Å²) in [7, 11) is 1.62. The average molecular weight is 299 g/mol. The van der Waals surface area contributed by atoms with Gasteiger partial charge in [0, 0.05) is 5.54 Å². The summed E-state index contributed by atoms with van der Waals surface area (Å²) in [6.07, 6.45) is 1.63. The smallest absolute Gasteiger partial charge is 0.270 e. The van der Waals surface area contributed by atoms with E-state index < -0.39 is 0 Å². The van der Waals surface area contributed by atoms with Gasteiger partial charge in [0.2, 0.25) is 0 Å². The topological polar surface area (TPSA) is 63.2 Å². The minimum absolute atomic E-state index is 0.184. The van der Waals surface area contributed by atoms with E-state index in [-0.39, 0.29) is 11.4 Å². The lowest BCUT2D eigenvalue weighted by Gasteiger charge is -2.20. The van der Waals surface area contributed by atoms with Gasteiger partial charge in [-0.25, -0.2) is 4.98 Å². The number of nitrogens with zero attached hydrogens (tertiary/aromatic N) is 1. The molecule has 1 aromatic heterocycles. The van der Waals surface area contributed by atoms with E-state index in [0.29, 0.717) is 5.69 Å². The zero-order chi connectivity index (χ0) is 16.2. The molecule has 5 nitrogen and oxygen atoms in total. The third-order valence-corrected chi connectivity index (χ3v) is 2.87. The molecule has 2 N–H and O–H groups in total. The molecule has 0 unspecified atom stereocenters. The third-order valence-electron chi connectivity index (χ3n) is 2.87. The quantitative estimate of drug-likeness (QED) is 0.908. The van der Waals surface area contributed by atoms with Gasteiger partial charge in [0.1, 0.15) is 11.4 Å². The van der Waals surface area contributed by atoms with Crippen LogP contribution in [0.2, 0.25) is 0 Å². The summed E-state index contributed by atoms with van der Waals surface area (Å²) in [6, 6.07) is 11.1. The predicted octanol–water partition coefficient (Wildman–Crippen LogP) is 3.36. The van der Waals surface area contributed by atoms with Crippen LogP contribution in [0.1, 0.15) is 31.3 Å². The summed E-state index contributed by atoms with van der Waals surface area (Å²) in [6.45, 7) is 5.80. The Bertz CT molecular complexity index is 646. The number of pyridine rings is 1. The van der Waals surface area contributed by atoms with Crippen LogP contribution in [0.5, 0.6) is 5.75 Å². The summed E-state index contributed by atoms with van der Waals surface area (Å²) in [5, 5.41) is 6.10. The van der Waals surface area contributed by atoms with Crippen LogP contribution in [0, 0.1) is 0 Å². The molecule has 0 saturated heterocycles. The molecule has 2 aromatic rings. The molecule has 116 valence electrons. The molecule has 0 saturated carbocycles. The largest absolute Gasteiger partial charge is 0.495 e. The Labute approximate surface area is 130 Å². The number of rotatable bonds is 4. The number of para-hydroxylation sites is 2. The standard InChI is InChI=1S/C17H21N3O2/c1-17(2,3)20-16(21)14-10-9-12(11-18-14)19-13-7-5-6-8-15(13)22-4/h5-11,19H,1-4H3,(H,20,21). The predicted molar refractivity (Wildman–Crippen MR) is 87.7 cm³/mol. The highest BCUT2D eigenvalue weighted by molar-refractivity contribution is 5.93. The van der Waals surface area contributed by atoms with Crippen molar-refractivity contribution in [3.8, 4) is 5.75 Å². The first-order chi connectivity index (χ1) is 10.4. The molecule has 5 heteroatoms. The summed E-state index contributed by atoms with van der Waals surface area (Å²) >= 11 is 0. The molecule has 2 rings (SSSR count). The van der Waals surface area contributed by atoms with Gasteiger partial charge in [-0.2, -0.15) is 0 Å². The van der Waals surface area contributed by atoms with Crippen molar-refractivity contribution in [3.05, 3.63) is 48.3 Å². The first-order valence-electron chi connectivity index (χ1n) is 7.08. The van der Waals surface area contributed by atoms with E-state index >= 15 is 0 Å². The number of nitrogens with one attached hydrogen (secondary N) is 2. The number of hydrogen-bond acceptors (Lipinski definition) is 4. The maximum atomic E-state index is 12.0. The van der Waals surface area contributed by atoms with E-state index in [1.807, 2.05) is 51.1 Å². The minimum atomic E-state index is -0.285.